The number of carbonyl (C=O) groups is 1. The molecule has 3 heterocycles. The van der Waals surface area contributed by atoms with Crippen molar-refractivity contribution in [1.29, 1.82) is 0 Å². The van der Waals surface area contributed by atoms with E-state index in [1.807, 2.05) is 23.6 Å². The SMILES string of the molecule is O=C(c1cc2c(s1)CCCC2)N1CCC[C@H](n2ccnc2)C1. The quantitative estimate of drug-likeness (QED) is 0.853. The molecule has 0 unspecified atom stereocenters. The van der Waals surface area contributed by atoms with Gasteiger partial charge >= 0.3 is 0 Å². The molecule has 1 aliphatic heterocycles. The lowest BCUT2D eigenvalue weighted by atomic mass is 9.99. The molecule has 0 radical (unpaired) electrons. The van der Waals surface area contributed by atoms with Gasteiger partial charge in [0.1, 0.15) is 0 Å². The number of hydrogen-bond acceptors (Lipinski definition) is 3. The Kier molecular flexibility index (Phi) is 3.74. The summed E-state index contributed by atoms with van der Waals surface area (Å²) in [5.41, 5.74) is 1.42. The van der Waals surface area contributed by atoms with Crippen LogP contribution in [0.5, 0.6) is 0 Å². The fourth-order valence-electron chi connectivity index (χ4n) is 3.62. The monoisotopic (exact) mass is 315 g/mol. The number of aryl methyl sites for hydroxylation is 2. The summed E-state index contributed by atoms with van der Waals surface area (Å²) in [4.78, 5) is 21.4. The number of hydrogen-bond donors (Lipinski definition) is 0. The van der Waals surface area contributed by atoms with Crippen LogP contribution in [0, 0.1) is 0 Å². The number of thiophene rings is 1. The summed E-state index contributed by atoms with van der Waals surface area (Å²) in [5.74, 6) is 0.226. The van der Waals surface area contributed by atoms with E-state index in [0.29, 0.717) is 6.04 Å². The topological polar surface area (TPSA) is 38.1 Å². The largest absolute Gasteiger partial charge is 0.336 e. The third kappa shape index (κ3) is 2.58. The summed E-state index contributed by atoms with van der Waals surface area (Å²) in [6.45, 7) is 1.68. The first kappa shape index (κ1) is 14.0. The van der Waals surface area contributed by atoms with E-state index in [4.69, 9.17) is 0 Å². The molecule has 1 saturated heterocycles. The molecule has 22 heavy (non-hydrogen) atoms. The Bertz CT molecular complexity index is 638. The van der Waals surface area contributed by atoms with Gasteiger partial charge in [-0.05, 0) is 50.2 Å². The van der Waals surface area contributed by atoms with Crippen molar-refractivity contribution in [2.24, 2.45) is 0 Å². The second kappa shape index (κ2) is 5.88. The highest BCUT2D eigenvalue weighted by Gasteiger charge is 2.27. The van der Waals surface area contributed by atoms with Crippen LogP contribution in [0.4, 0.5) is 0 Å². The number of aromatic nitrogens is 2. The maximum atomic E-state index is 12.8. The van der Waals surface area contributed by atoms with Crippen molar-refractivity contribution in [2.75, 3.05) is 13.1 Å². The Morgan fingerprint density at radius 1 is 1.27 bits per heavy atom. The number of nitrogens with zero attached hydrogens (tertiary/aromatic N) is 3. The fourth-order valence-corrected chi connectivity index (χ4v) is 4.84. The third-order valence-corrected chi connectivity index (χ3v) is 6.06. The molecular formula is C17H21N3OS. The minimum absolute atomic E-state index is 0.226. The highest BCUT2D eigenvalue weighted by atomic mass is 32.1. The summed E-state index contributed by atoms with van der Waals surface area (Å²) >= 11 is 1.73. The minimum atomic E-state index is 0.226. The highest BCUT2D eigenvalue weighted by molar-refractivity contribution is 7.14. The average molecular weight is 315 g/mol. The van der Waals surface area contributed by atoms with Crippen LogP contribution < -0.4 is 0 Å². The summed E-state index contributed by atoms with van der Waals surface area (Å²) in [7, 11) is 0. The molecule has 2 aliphatic rings. The molecule has 0 N–H and O–H groups in total. The predicted molar refractivity (Wildman–Crippen MR) is 87.4 cm³/mol. The van der Waals surface area contributed by atoms with Crippen molar-refractivity contribution in [1.82, 2.24) is 14.5 Å². The number of imidazole rings is 1. The zero-order chi connectivity index (χ0) is 14.9. The van der Waals surface area contributed by atoms with E-state index >= 15 is 0 Å². The second-order valence-corrected chi connectivity index (χ2v) is 7.46. The maximum absolute atomic E-state index is 12.8. The Morgan fingerprint density at radius 3 is 3.00 bits per heavy atom. The van der Waals surface area contributed by atoms with E-state index in [9.17, 15) is 4.79 Å². The van der Waals surface area contributed by atoms with E-state index in [2.05, 4.69) is 15.6 Å². The lowest BCUT2D eigenvalue weighted by Gasteiger charge is -2.33. The zero-order valence-electron chi connectivity index (χ0n) is 12.7. The maximum Gasteiger partial charge on any atom is 0.264 e. The van der Waals surface area contributed by atoms with Crippen molar-refractivity contribution in [3.05, 3.63) is 40.1 Å². The van der Waals surface area contributed by atoms with Crippen LogP contribution in [0.2, 0.25) is 0 Å². The first-order chi connectivity index (χ1) is 10.8. The van der Waals surface area contributed by atoms with E-state index < -0.39 is 0 Å². The number of carbonyl (C=O) groups excluding carboxylic acids is 1. The van der Waals surface area contributed by atoms with Crippen LogP contribution >= 0.6 is 11.3 Å². The van der Waals surface area contributed by atoms with Crippen molar-refractivity contribution >= 4 is 17.2 Å². The fraction of sp³-hybridized carbons (Fsp3) is 0.529. The minimum Gasteiger partial charge on any atom is -0.336 e. The molecule has 1 atom stereocenters. The van der Waals surface area contributed by atoms with Gasteiger partial charge in [0.2, 0.25) is 0 Å². The van der Waals surface area contributed by atoms with Gasteiger partial charge in [0.15, 0.2) is 0 Å². The molecule has 4 nitrogen and oxygen atoms in total. The second-order valence-electron chi connectivity index (χ2n) is 6.32. The van der Waals surface area contributed by atoms with E-state index in [1.165, 1.54) is 23.3 Å². The number of fused-ring (bicyclic) bond motifs is 1. The van der Waals surface area contributed by atoms with Gasteiger partial charge in [0.05, 0.1) is 17.2 Å². The molecule has 116 valence electrons. The van der Waals surface area contributed by atoms with Gasteiger partial charge < -0.3 is 9.47 Å². The van der Waals surface area contributed by atoms with E-state index in [-0.39, 0.29) is 5.91 Å². The van der Waals surface area contributed by atoms with Crippen LogP contribution in [0.15, 0.2) is 24.8 Å². The molecule has 0 saturated carbocycles. The van der Waals surface area contributed by atoms with Gasteiger partial charge in [0.25, 0.3) is 5.91 Å². The number of rotatable bonds is 2. The predicted octanol–water partition coefficient (Wildman–Crippen LogP) is 3.30. The van der Waals surface area contributed by atoms with Crippen LogP contribution in [0.1, 0.15) is 51.8 Å². The number of piperidine rings is 1. The van der Waals surface area contributed by atoms with Crippen molar-refractivity contribution in [2.45, 2.75) is 44.6 Å². The molecule has 1 aliphatic carbocycles. The number of likely N-dealkylation sites (tertiary alicyclic amines) is 1. The Morgan fingerprint density at radius 2 is 2.18 bits per heavy atom. The Hall–Kier alpha value is -1.62. The molecule has 0 spiro atoms. The molecule has 2 aromatic heterocycles. The van der Waals surface area contributed by atoms with Gasteiger partial charge in [-0.3, -0.25) is 4.79 Å². The molecule has 5 heteroatoms. The lowest BCUT2D eigenvalue weighted by Crippen LogP contribution is -2.40. The van der Waals surface area contributed by atoms with Crippen molar-refractivity contribution < 1.29 is 4.79 Å². The number of amides is 1. The van der Waals surface area contributed by atoms with Gasteiger partial charge in [-0.2, -0.15) is 0 Å². The lowest BCUT2D eigenvalue weighted by molar-refractivity contribution is 0.0684. The molecular weight excluding hydrogens is 294 g/mol. The van der Waals surface area contributed by atoms with Crippen LogP contribution in [0.25, 0.3) is 0 Å². The van der Waals surface area contributed by atoms with Crippen LogP contribution in [-0.4, -0.2) is 33.4 Å². The van der Waals surface area contributed by atoms with Crippen molar-refractivity contribution in [3.8, 4) is 0 Å². The molecule has 2 aromatic rings. The summed E-state index contributed by atoms with van der Waals surface area (Å²) in [5, 5.41) is 0. The highest BCUT2D eigenvalue weighted by Crippen LogP contribution is 2.31. The molecule has 1 fully saturated rings. The standard InChI is InChI=1S/C17H21N3OS/c21-17(16-10-13-4-1-2-6-15(13)22-16)19-8-3-5-14(11-19)20-9-7-18-12-20/h7,9-10,12,14H,1-6,8,11H2/t14-/m0/s1. The van der Waals surface area contributed by atoms with Crippen molar-refractivity contribution in [3.63, 3.8) is 0 Å². The van der Waals surface area contributed by atoms with Crippen LogP contribution in [0.3, 0.4) is 0 Å². The van der Waals surface area contributed by atoms with Gasteiger partial charge in [-0.15, -0.1) is 11.3 Å². The molecule has 0 bridgehead atoms. The van der Waals surface area contributed by atoms with Gasteiger partial charge in [-0.25, -0.2) is 4.98 Å². The van der Waals surface area contributed by atoms with E-state index in [1.54, 1.807) is 11.3 Å². The van der Waals surface area contributed by atoms with E-state index in [0.717, 1.165) is 43.6 Å². The smallest absolute Gasteiger partial charge is 0.264 e. The van der Waals surface area contributed by atoms with Gasteiger partial charge in [0, 0.05) is 30.4 Å². The summed E-state index contributed by atoms with van der Waals surface area (Å²) in [6.07, 6.45) is 12.7. The summed E-state index contributed by atoms with van der Waals surface area (Å²) in [6, 6.07) is 2.53. The average Bonchev–Trinajstić information content (AvgIpc) is 3.23. The zero-order valence-corrected chi connectivity index (χ0v) is 13.5. The Labute approximate surface area is 134 Å². The van der Waals surface area contributed by atoms with Crippen LogP contribution in [-0.2, 0) is 12.8 Å². The third-order valence-electron chi connectivity index (χ3n) is 4.84. The Balaban J connectivity index is 1.51. The molecule has 0 aromatic carbocycles. The summed E-state index contributed by atoms with van der Waals surface area (Å²) < 4.78 is 2.14. The molecule has 1 amide bonds. The van der Waals surface area contributed by atoms with Gasteiger partial charge in [-0.1, -0.05) is 0 Å². The normalized spacial score (nSPS) is 21.6. The first-order valence-corrected chi connectivity index (χ1v) is 9.01. The first-order valence-electron chi connectivity index (χ1n) is 8.19. The molecule has 4 rings (SSSR count).